The predicted octanol–water partition coefficient (Wildman–Crippen LogP) is 4.66. The Morgan fingerprint density at radius 1 is 1.07 bits per heavy atom. The normalized spacial score (nSPS) is 11.6. The van der Waals surface area contributed by atoms with Crippen LogP contribution in [0.25, 0.3) is 22.6 Å². The van der Waals surface area contributed by atoms with E-state index in [1.165, 1.54) is 12.4 Å². The number of imidazole rings is 1. The molecule has 0 aliphatic heterocycles. The predicted molar refractivity (Wildman–Crippen MR) is 102 cm³/mol. The molecule has 2 aromatic heterocycles. The summed E-state index contributed by atoms with van der Waals surface area (Å²) < 4.78 is 43.9. The second-order valence-electron chi connectivity index (χ2n) is 6.28. The second-order valence-corrected chi connectivity index (χ2v) is 6.28. The van der Waals surface area contributed by atoms with Crippen molar-refractivity contribution in [2.24, 2.45) is 0 Å². The van der Waals surface area contributed by atoms with Gasteiger partial charge in [-0.05, 0) is 42.0 Å². The van der Waals surface area contributed by atoms with Crippen molar-refractivity contribution in [2.45, 2.75) is 12.7 Å². The highest BCUT2D eigenvalue weighted by atomic mass is 19.4. The van der Waals surface area contributed by atoms with Gasteiger partial charge in [0.2, 0.25) is 0 Å². The van der Waals surface area contributed by atoms with E-state index in [2.05, 4.69) is 25.3 Å². The molecule has 0 radical (unpaired) electrons. The fourth-order valence-electron chi connectivity index (χ4n) is 2.87. The minimum absolute atomic E-state index is 0.164. The molecule has 148 valence electrons. The average molecular weight is 399 g/mol. The van der Waals surface area contributed by atoms with Crippen LogP contribution in [0.3, 0.4) is 0 Å². The zero-order valence-corrected chi connectivity index (χ0v) is 15.3. The van der Waals surface area contributed by atoms with Crippen molar-refractivity contribution in [3.8, 4) is 17.1 Å². The first-order valence-corrected chi connectivity index (χ1v) is 8.69. The first kappa shape index (κ1) is 18.7. The SMILES string of the molecule is COc1ccc(-c2nc(NCc3cccc(C(F)(F)F)c3)c3[nH]cnc3n2)cc1. The van der Waals surface area contributed by atoms with Crippen molar-refractivity contribution in [1.29, 1.82) is 0 Å². The number of H-pyrrole nitrogens is 1. The lowest BCUT2D eigenvalue weighted by atomic mass is 10.1. The molecule has 0 aliphatic carbocycles. The maximum Gasteiger partial charge on any atom is 0.416 e. The number of fused-ring (bicyclic) bond motifs is 1. The van der Waals surface area contributed by atoms with Gasteiger partial charge in [0.15, 0.2) is 17.3 Å². The van der Waals surface area contributed by atoms with Crippen LogP contribution in [0.5, 0.6) is 5.75 Å². The van der Waals surface area contributed by atoms with Gasteiger partial charge in [-0.3, -0.25) is 0 Å². The maximum absolute atomic E-state index is 12.9. The molecular formula is C20H16F3N5O. The summed E-state index contributed by atoms with van der Waals surface area (Å²) in [7, 11) is 1.58. The molecule has 0 amide bonds. The van der Waals surface area contributed by atoms with Gasteiger partial charge in [-0.1, -0.05) is 12.1 Å². The third kappa shape index (κ3) is 3.98. The number of anilines is 1. The molecule has 0 fully saturated rings. The Hall–Kier alpha value is -3.62. The van der Waals surface area contributed by atoms with E-state index in [4.69, 9.17) is 4.74 Å². The Kier molecular flexibility index (Phi) is 4.79. The topological polar surface area (TPSA) is 75.7 Å². The molecule has 2 N–H and O–H groups in total. The van der Waals surface area contributed by atoms with E-state index < -0.39 is 11.7 Å². The Balaban J connectivity index is 1.64. The Bertz CT molecular complexity index is 1140. The number of ether oxygens (including phenoxy) is 1. The minimum atomic E-state index is -4.39. The molecule has 0 atom stereocenters. The molecule has 4 rings (SSSR count). The molecular weight excluding hydrogens is 383 g/mol. The number of aromatic nitrogens is 4. The number of hydrogen-bond donors (Lipinski definition) is 2. The van der Waals surface area contributed by atoms with E-state index in [-0.39, 0.29) is 6.54 Å². The van der Waals surface area contributed by atoms with Crippen molar-refractivity contribution in [2.75, 3.05) is 12.4 Å². The zero-order valence-electron chi connectivity index (χ0n) is 15.3. The van der Waals surface area contributed by atoms with E-state index in [1.807, 2.05) is 12.1 Å². The fourth-order valence-corrected chi connectivity index (χ4v) is 2.87. The lowest BCUT2D eigenvalue weighted by Gasteiger charge is -2.11. The number of hydrogen-bond acceptors (Lipinski definition) is 5. The first-order valence-electron chi connectivity index (χ1n) is 8.69. The van der Waals surface area contributed by atoms with Crippen LogP contribution in [0, 0.1) is 0 Å². The molecule has 9 heteroatoms. The highest BCUT2D eigenvalue weighted by Crippen LogP contribution is 2.30. The van der Waals surface area contributed by atoms with E-state index in [0.29, 0.717) is 34.1 Å². The van der Waals surface area contributed by atoms with Crippen molar-refractivity contribution in [3.05, 3.63) is 66.0 Å². The van der Waals surface area contributed by atoms with Gasteiger partial charge in [-0.25, -0.2) is 15.0 Å². The summed E-state index contributed by atoms with van der Waals surface area (Å²) in [5.74, 6) is 1.60. The standard InChI is InChI=1S/C20H16F3N5O/c1-29-15-7-5-13(6-8-15)17-27-18(16-19(28-17)26-11-25-16)24-10-12-3-2-4-14(9-12)20(21,22)23/h2-9,11H,10H2,1H3,(H2,24,25,26,27,28). The summed E-state index contributed by atoms with van der Waals surface area (Å²) in [6.45, 7) is 0.164. The number of rotatable bonds is 5. The number of nitrogens with one attached hydrogen (secondary N) is 2. The van der Waals surface area contributed by atoms with Crippen molar-refractivity contribution in [3.63, 3.8) is 0 Å². The van der Waals surface area contributed by atoms with E-state index in [9.17, 15) is 13.2 Å². The van der Waals surface area contributed by atoms with E-state index >= 15 is 0 Å². The van der Waals surface area contributed by atoms with Gasteiger partial charge >= 0.3 is 6.18 Å². The number of benzene rings is 2. The molecule has 0 bridgehead atoms. The molecule has 2 heterocycles. The number of methoxy groups -OCH3 is 1. The van der Waals surface area contributed by atoms with Gasteiger partial charge in [-0.15, -0.1) is 0 Å². The molecule has 0 saturated carbocycles. The molecule has 0 unspecified atom stereocenters. The van der Waals surface area contributed by atoms with Crippen LogP contribution in [0.4, 0.5) is 19.0 Å². The minimum Gasteiger partial charge on any atom is -0.497 e. The summed E-state index contributed by atoms with van der Waals surface area (Å²) >= 11 is 0. The van der Waals surface area contributed by atoms with E-state index in [0.717, 1.165) is 17.7 Å². The zero-order chi connectivity index (χ0) is 20.4. The van der Waals surface area contributed by atoms with Crippen LogP contribution in [-0.4, -0.2) is 27.0 Å². The summed E-state index contributed by atoms with van der Waals surface area (Å²) in [5, 5.41) is 3.09. The molecule has 29 heavy (non-hydrogen) atoms. The average Bonchev–Trinajstić information content (AvgIpc) is 3.20. The Labute approximate surface area is 163 Å². The maximum atomic E-state index is 12.9. The summed E-state index contributed by atoms with van der Waals surface area (Å²) in [5.41, 5.74) is 1.59. The number of halogens is 3. The van der Waals surface area contributed by atoms with E-state index in [1.54, 1.807) is 25.3 Å². The molecule has 0 saturated heterocycles. The largest absolute Gasteiger partial charge is 0.497 e. The molecule has 2 aromatic carbocycles. The Morgan fingerprint density at radius 2 is 1.86 bits per heavy atom. The van der Waals surface area contributed by atoms with Crippen molar-refractivity contribution >= 4 is 17.0 Å². The van der Waals surface area contributed by atoms with Crippen LogP contribution in [0.2, 0.25) is 0 Å². The quantitative estimate of drug-likeness (QED) is 0.511. The molecule has 0 spiro atoms. The molecule has 4 aromatic rings. The van der Waals surface area contributed by atoms with Gasteiger partial charge in [0, 0.05) is 12.1 Å². The highest BCUT2D eigenvalue weighted by molar-refractivity contribution is 5.84. The van der Waals surface area contributed by atoms with Gasteiger partial charge < -0.3 is 15.0 Å². The number of aromatic amines is 1. The first-order chi connectivity index (χ1) is 13.9. The van der Waals surface area contributed by atoms with Crippen molar-refractivity contribution < 1.29 is 17.9 Å². The van der Waals surface area contributed by atoms with Crippen LogP contribution in [-0.2, 0) is 12.7 Å². The Morgan fingerprint density at radius 3 is 2.59 bits per heavy atom. The third-order valence-electron chi connectivity index (χ3n) is 4.35. The van der Waals surface area contributed by atoms with Gasteiger partial charge in [0.25, 0.3) is 0 Å². The smallest absolute Gasteiger partial charge is 0.416 e. The fraction of sp³-hybridized carbons (Fsp3) is 0.150. The highest BCUT2D eigenvalue weighted by Gasteiger charge is 2.30. The lowest BCUT2D eigenvalue weighted by molar-refractivity contribution is -0.137. The molecule has 0 aliphatic rings. The van der Waals surface area contributed by atoms with Crippen LogP contribution < -0.4 is 10.1 Å². The number of alkyl halides is 3. The van der Waals surface area contributed by atoms with Gasteiger partial charge in [0.1, 0.15) is 11.3 Å². The van der Waals surface area contributed by atoms with Crippen LogP contribution >= 0.6 is 0 Å². The number of nitrogens with zero attached hydrogens (tertiary/aromatic N) is 3. The third-order valence-corrected chi connectivity index (χ3v) is 4.35. The summed E-state index contributed by atoms with van der Waals surface area (Å²) in [6.07, 6.45) is -2.89. The lowest BCUT2D eigenvalue weighted by Crippen LogP contribution is -2.08. The molecule has 6 nitrogen and oxygen atoms in total. The summed E-state index contributed by atoms with van der Waals surface area (Å²) in [6, 6.07) is 12.4. The van der Waals surface area contributed by atoms with Gasteiger partial charge in [-0.2, -0.15) is 13.2 Å². The monoisotopic (exact) mass is 399 g/mol. The van der Waals surface area contributed by atoms with Crippen molar-refractivity contribution in [1.82, 2.24) is 19.9 Å². The van der Waals surface area contributed by atoms with Gasteiger partial charge in [0.05, 0.1) is 19.0 Å². The summed E-state index contributed by atoms with van der Waals surface area (Å²) in [4.78, 5) is 16.1. The second kappa shape index (κ2) is 7.42. The van der Waals surface area contributed by atoms with Crippen LogP contribution in [0.1, 0.15) is 11.1 Å². The van der Waals surface area contributed by atoms with Crippen LogP contribution in [0.15, 0.2) is 54.9 Å².